The van der Waals surface area contributed by atoms with E-state index in [0.29, 0.717) is 16.5 Å². The van der Waals surface area contributed by atoms with Gasteiger partial charge in [-0.05, 0) is 47.8 Å². The molecule has 0 radical (unpaired) electrons. The fourth-order valence-corrected chi connectivity index (χ4v) is 2.35. The molecule has 0 N–H and O–H groups in total. The van der Waals surface area contributed by atoms with Crippen molar-refractivity contribution in [3.63, 3.8) is 0 Å². The van der Waals surface area contributed by atoms with Crippen LogP contribution in [0.25, 0.3) is 0 Å². The van der Waals surface area contributed by atoms with Crippen molar-refractivity contribution >= 4 is 21.8 Å². The number of carbonyl (C=O) groups is 1. The Balaban J connectivity index is 1.90. The van der Waals surface area contributed by atoms with Crippen molar-refractivity contribution in [2.24, 2.45) is 0 Å². The van der Waals surface area contributed by atoms with Gasteiger partial charge in [-0.2, -0.15) is 0 Å². The molecule has 4 nitrogen and oxygen atoms in total. The summed E-state index contributed by atoms with van der Waals surface area (Å²) in [5.41, 5.74) is 0. The zero-order valence-electron chi connectivity index (χ0n) is 9.82. The van der Waals surface area contributed by atoms with Crippen LogP contribution in [0.15, 0.2) is 21.2 Å². The Hall–Kier alpha value is -0.810. The second-order valence-electron chi connectivity index (χ2n) is 4.05. The quantitative estimate of drug-likeness (QED) is 0.862. The molecule has 1 amide bonds. The molecule has 1 saturated heterocycles. The number of nitrogens with zero attached hydrogens (tertiary/aromatic N) is 1. The lowest BCUT2D eigenvalue weighted by atomic mass is 10.1. The minimum absolute atomic E-state index is 0.0364. The molecule has 0 bridgehead atoms. The van der Waals surface area contributed by atoms with E-state index in [1.165, 1.54) is 0 Å². The van der Waals surface area contributed by atoms with Crippen LogP contribution in [0.5, 0.6) is 0 Å². The summed E-state index contributed by atoms with van der Waals surface area (Å²) < 4.78 is 11.4. The first-order valence-electron chi connectivity index (χ1n) is 5.87. The van der Waals surface area contributed by atoms with Gasteiger partial charge in [0, 0.05) is 19.7 Å². The van der Waals surface area contributed by atoms with Crippen molar-refractivity contribution in [2.45, 2.75) is 25.9 Å². The first-order chi connectivity index (χ1) is 8.20. The number of likely N-dealkylation sites (tertiary alicyclic amines) is 1. The van der Waals surface area contributed by atoms with Crippen LogP contribution in [-0.2, 0) is 4.74 Å². The maximum atomic E-state index is 12.0. The molecule has 0 aromatic carbocycles. The number of hydrogen-bond donors (Lipinski definition) is 0. The van der Waals surface area contributed by atoms with E-state index in [1.54, 1.807) is 12.1 Å². The van der Waals surface area contributed by atoms with Crippen LogP contribution in [0.2, 0.25) is 0 Å². The van der Waals surface area contributed by atoms with Gasteiger partial charge in [-0.15, -0.1) is 0 Å². The highest BCUT2D eigenvalue weighted by Crippen LogP contribution is 2.19. The lowest BCUT2D eigenvalue weighted by molar-refractivity contribution is 0.0136. The summed E-state index contributed by atoms with van der Waals surface area (Å²) >= 11 is 3.20. The molecule has 0 spiro atoms. The number of rotatable bonds is 3. The smallest absolute Gasteiger partial charge is 0.289 e. The Morgan fingerprint density at radius 1 is 1.53 bits per heavy atom. The fraction of sp³-hybridized carbons (Fsp3) is 0.583. The molecule has 0 aliphatic carbocycles. The summed E-state index contributed by atoms with van der Waals surface area (Å²) in [5.74, 6) is 0.359. The molecule has 1 aromatic rings. The first kappa shape index (κ1) is 12.6. The van der Waals surface area contributed by atoms with Crippen molar-refractivity contribution in [3.05, 3.63) is 22.6 Å². The molecule has 2 heterocycles. The number of halogens is 1. The van der Waals surface area contributed by atoms with E-state index < -0.39 is 0 Å². The van der Waals surface area contributed by atoms with E-state index in [1.807, 2.05) is 11.8 Å². The lowest BCUT2D eigenvalue weighted by Crippen LogP contribution is -2.40. The highest BCUT2D eigenvalue weighted by Gasteiger charge is 2.25. The number of carbonyl (C=O) groups excluding carboxylic acids is 1. The SMILES string of the molecule is CCOC1CCN(C(=O)c2ccc(Br)o2)CC1. The van der Waals surface area contributed by atoms with Crippen molar-refractivity contribution in [2.75, 3.05) is 19.7 Å². The third-order valence-electron chi connectivity index (χ3n) is 2.92. The highest BCUT2D eigenvalue weighted by atomic mass is 79.9. The standard InChI is InChI=1S/C12H16BrNO3/c1-2-16-9-5-7-14(8-6-9)12(15)10-3-4-11(13)17-10/h3-4,9H,2,5-8H2,1H3. The van der Waals surface area contributed by atoms with Gasteiger partial charge in [0.25, 0.3) is 5.91 Å². The van der Waals surface area contributed by atoms with Crippen molar-refractivity contribution in [1.29, 1.82) is 0 Å². The predicted octanol–water partition coefficient (Wildman–Crippen LogP) is 2.68. The van der Waals surface area contributed by atoms with Gasteiger partial charge in [-0.1, -0.05) is 0 Å². The van der Waals surface area contributed by atoms with E-state index in [-0.39, 0.29) is 5.91 Å². The number of piperidine rings is 1. The predicted molar refractivity (Wildman–Crippen MR) is 67.0 cm³/mol. The Bertz CT molecular complexity index is 383. The second-order valence-corrected chi connectivity index (χ2v) is 4.83. The third kappa shape index (κ3) is 3.10. The summed E-state index contributed by atoms with van der Waals surface area (Å²) in [7, 11) is 0. The maximum Gasteiger partial charge on any atom is 0.289 e. The molecule has 5 heteroatoms. The van der Waals surface area contributed by atoms with Gasteiger partial charge < -0.3 is 14.1 Å². The van der Waals surface area contributed by atoms with Gasteiger partial charge in [-0.3, -0.25) is 4.79 Å². The van der Waals surface area contributed by atoms with Gasteiger partial charge in [-0.25, -0.2) is 0 Å². The van der Waals surface area contributed by atoms with Crippen LogP contribution in [0.3, 0.4) is 0 Å². The fourth-order valence-electron chi connectivity index (χ4n) is 2.05. The van der Waals surface area contributed by atoms with Gasteiger partial charge in [0.2, 0.25) is 0 Å². The average molecular weight is 302 g/mol. The molecule has 1 fully saturated rings. The summed E-state index contributed by atoms with van der Waals surface area (Å²) in [4.78, 5) is 13.9. The van der Waals surface area contributed by atoms with Gasteiger partial charge in [0.15, 0.2) is 10.4 Å². The van der Waals surface area contributed by atoms with Crippen LogP contribution in [0.1, 0.15) is 30.3 Å². The molecular weight excluding hydrogens is 286 g/mol. The molecule has 0 atom stereocenters. The molecule has 1 aromatic heterocycles. The molecule has 1 aliphatic heterocycles. The van der Waals surface area contributed by atoms with Crippen LogP contribution >= 0.6 is 15.9 Å². The molecule has 17 heavy (non-hydrogen) atoms. The minimum atomic E-state index is -0.0364. The van der Waals surface area contributed by atoms with Gasteiger partial charge in [0.05, 0.1) is 6.10 Å². The number of furan rings is 1. The lowest BCUT2D eigenvalue weighted by Gasteiger charge is -2.31. The summed E-state index contributed by atoms with van der Waals surface area (Å²) in [6.07, 6.45) is 2.11. The normalized spacial score (nSPS) is 17.4. The summed E-state index contributed by atoms with van der Waals surface area (Å²) in [5, 5.41) is 0. The van der Waals surface area contributed by atoms with Gasteiger partial charge in [0.1, 0.15) is 0 Å². The van der Waals surface area contributed by atoms with Crippen molar-refractivity contribution in [1.82, 2.24) is 4.90 Å². The number of hydrogen-bond acceptors (Lipinski definition) is 3. The van der Waals surface area contributed by atoms with Crippen molar-refractivity contribution < 1.29 is 13.9 Å². The van der Waals surface area contributed by atoms with E-state index in [9.17, 15) is 4.79 Å². The largest absolute Gasteiger partial charge is 0.444 e. The number of amides is 1. The van der Waals surface area contributed by atoms with E-state index in [0.717, 1.165) is 32.5 Å². The van der Waals surface area contributed by atoms with E-state index in [4.69, 9.17) is 9.15 Å². The van der Waals surface area contributed by atoms with Crippen LogP contribution < -0.4 is 0 Å². The number of ether oxygens (including phenoxy) is 1. The van der Waals surface area contributed by atoms with Crippen LogP contribution in [-0.4, -0.2) is 36.6 Å². The topological polar surface area (TPSA) is 42.7 Å². The highest BCUT2D eigenvalue weighted by molar-refractivity contribution is 9.10. The minimum Gasteiger partial charge on any atom is -0.444 e. The monoisotopic (exact) mass is 301 g/mol. The molecular formula is C12H16BrNO3. The summed E-state index contributed by atoms with van der Waals surface area (Å²) in [6, 6.07) is 3.43. The Morgan fingerprint density at radius 2 is 2.24 bits per heavy atom. The molecule has 2 rings (SSSR count). The molecule has 0 saturated carbocycles. The zero-order chi connectivity index (χ0) is 12.3. The first-order valence-corrected chi connectivity index (χ1v) is 6.66. The Morgan fingerprint density at radius 3 is 2.76 bits per heavy atom. The average Bonchev–Trinajstić information content (AvgIpc) is 2.76. The summed E-state index contributed by atoms with van der Waals surface area (Å²) in [6.45, 7) is 4.21. The van der Waals surface area contributed by atoms with Crippen molar-refractivity contribution in [3.8, 4) is 0 Å². The molecule has 94 valence electrons. The zero-order valence-corrected chi connectivity index (χ0v) is 11.4. The Kier molecular flexibility index (Phi) is 4.23. The maximum absolute atomic E-state index is 12.0. The Labute approximate surface area is 109 Å². The van der Waals surface area contributed by atoms with Crippen LogP contribution in [0.4, 0.5) is 0 Å². The van der Waals surface area contributed by atoms with Gasteiger partial charge >= 0.3 is 0 Å². The molecule has 1 aliphatic rings. The van der Waals surface area contributed by atoms with Crippen LogP contribution in [0, 0.1) is 0 Å². The van der Waals surface area contributed by atoms with E-state index in [2.05, 4.69) is 15.9 Å². The second kappa shape index (κ2) is 5.69. The molecule has 0 unspecified atom stereocenters. The van der Waals surface area contributed by atoms with E-state index >= 15 is 0 Å². The third-order valence-corrected chi connectivity index (χ3v) is 3.34.